The van der Waals surface area contributed by atoms with E-state index in [-0.39, 0.29) is 28.4 Å². The van der Waals surface area contributed by atoms with Gasteiger partial charge in [-0.1, -0.05) is 13.8 Å². The number of hydrogen-bond acceptors (Lipinski definition) is 6. The quantitative estimate of drug-likeness (QED) is 0.474. The molecular weight excluding hydrogens is 276 g/mol. The number of aromatic nitrogens is 2. The Labute approximate surface area is 122 Å². The molecule has 8 heteroatoms. The summed E-state index contributed by atoms with van der Waals surface area (Å²) in [5, 5.41) is 15.7. The van der Waals surface area contributed by atoms with Gasteiger partial charge < -0.3 is 9.64 Å². The van der Waals surface area contributed by atoms with Gasteiger partial charge in [0.05, 0.1) is 18.0 Å². The van der Waals surface area contributed by atoms with Crippen LogP contribution < -0.4 is 4.90 Å². The average Bonchev–Trinajstić information content (AvgIpc) is 3.01. The Balaban J connectivity index is 2.37. The van der Waals surface area contributed by atoms with Gasteiger partial charge in [0.15, 0.2) is 0 Å². The molecule has 0 aromatic carbocycles. The predicted octanol–water partition coefficient (Wildman–Crippen LogP) is 1.45. The lowest BCUT2D eigenvalue weighted by Crippen LogP contribution is -2.25. The Bertz CT molecular complexity index is 567. The molecular formula is C13H20N4O4. The maximum atomic E-state index is 11.6. The number of rotatable bonds is 4. The van der Waals surface area contributed by atoms with Crippen LogP contribution in [0.1, 0.15) is 31.9 Å². The molecule has 2 heterocycles. The van der Waals surface area contributed by atoms with Gasteiger partial charge >= 0.3 is 11.7 Å². The lowest BCUT2D eigenvalue weighted by Gasteiger charge is -2.17. The van der Waals surface area contributed by atoms with Crippen molar-refractivity contribution in [1.29, 1.82) is 0 Å². The number of anilines is 1. The third-order valence-corrected chi connectivity index (χ3v) is 3.77. The molecule has 1 fully saturated rings. The van der Waals surface area contributed by atoms with Crippen molar-refractivity contribution in [3.8, 4) is 0 Å². The highest BCUT2D eigenvalue weighted by molar-refractivity contribution is 5.75. The number of hydrogen-bond donors (Lipinski definition) is 0. The van der Waals surface area contributed by atoms with Crippen molar-refractivity contribution in [2.75, 3.05) is 25.1 Å². The first kappa shape index (κ1) is 15.3. The topological polar surface area (TPSA) is 90.5 Å². The number of nitro groups is 1. The highest BCUT2D eigenvalue weighted by Crippen LogP contribution is 2.37. The Morgan fingerprint density at radius 3 is 2.71 bits per heavy atom. The van der Waals surface area contributed by atoms with Gasteiger partial charge in [0, 0.05) is 26.1 Å². The molecule has 1 saturated heterocycles. The fraction of sp³-hybridized carbons (Fsp3) is 0.692. The monoisotopic (exact) mass is 296 g/mol. The Hall–Kier alpha value is -2.12. The van der Waals surface area contributed by atoms with Crippen LogP contribution in [-0.2, 0) is 16.6 Å². The fourth-order valence-corrected chi connectivity index (χ4v) is 2.75. The summed E-state index contributed by atoms with van der Waals surface area (Å²) in [5.41, 5.74) is 0.511. The Morgan fingerprint density at radius 1 is 1.52 bits per heavy atom. The van der Waals surface area contributed by atoms with E-state index in [1.54, 1.807) is 7.05 Å². The predicted molar refractivity (Wildman–Crippen MR) is 76.3 cm³/mol. The molecule has 0 amide bonds. The van der Waals surface area contributed by atoms with Crippen molar-refractivity contribution in [3.63, 3.8) is 0 Å². The highest BCUT2D eigenvalue weighted by atomic mass is 16.6. The van der Waals surface area contributed by atoms with E-state index < -0.39 is 0 Å². The van der Waals surface area contributed by atoms with E-state index in [4.69, 9.17) is 4.74 Å². The van der Waals surface area contributed by atoms with Crippen molar-refractivity contribution in [2.45, 2.75) is 26.2 Å². The number of nitrogens with zero attached hydrogens (tertiary/aromatic N) is 4. The van der Waals surface area contributed by atoms with Crippen LogP contribution >= 0.6 is 0 Å². The van der Waals surface area contributed by atoms with Crippen LogP contribution in [0.2, 0.25) is 0 Å². The lowest BCUT2D eigenvalue weighted by molar-refractivity contribution is -0.385. The van der Waals surface area contributed by atoms with Gasteiger partial charge in [0.2, 0.25) is 5.82 Å². The third-order valence-electron chi connectivity index (χ3n) is 3.77. The van der Waals surface area contributed by atoms with E-state index in [0.717, 1.165) is 0 Å². The SMILES string of the molecule is COC(=O)C1CCN(c2c([N+](=O)[O-])c(C(C)C)nn2C)C1. The number of esters is 1. The van der Waals surface area contributed by atoms with Crippen LogP contribution in [0, 0.1) is 16.0 Å². The summed E-state index contributed by atoms with van der Waals surface area (Å²) in [7, 11) is 3.05. The fourth-order valence-electron chi connectivity index (χ4n) is 2.75. The molecule has 1 aromatic rings. The molecule has 0 N–H and O–H groups in total. The molecule has 1 aromatic heterocycles. The van der Waals surface area contributed by atoms with Crippen LogP contribution in [0.3, 0.4) is 0 Å². The molecule has 1 atom stereocenters. The number of aryl methyl sites for hydroxylation is 1. The normalized spacial score (nSPS) is 18.3. The minimum atomic E-state index is -0.386. The molecule has 0 radical (unpaired) electrons. The molecule has 0 aliphatic carbocycles. The van der Waals surface area contributed by atoms with Gasteiger partial charge in [-0.25, -0.2) is 4.68 Å². The zero-order chi connectivity index (χ0) is 15.7. The molecule has 1 aliphatic rings. The molecule has 2 rings (SSSR count). The molecule has 21 heavy (non-hydrogen) atoms. The maximum absolute atomic E-state index is 11.6. The summed E-state index contributed by atoms with van der Waals surface area (Å²) in [4.78, 5) is 24.5. The van der Waals surface area contributed by atoms with Crippen molar-refractivity contribution < 1.29 is 14.5 Å². The maximum Gasteiger partial charge on any atom is 0.334 e. The van der Waals surface area contributed by atoms with Crippen LogP contribution in [-0.4, -0.2) is 40.9 Å². The molecule has 8 nitrogen and oxygen atoms in total. The van der Waals surface area contributed by atoms with Crippen LogP contribution in [0.4, 0.5) is 11.5 Å². The van der Waals surface area contributed by atoms with Gasteiger partial charge in [-0.05, 0) is 6.42 Å². The zero-order valence-electron chi connectivity index (χ0n) is 12.7. The Kier molecular flexibility index (Phi) is 4.15. The molecule has 0 saturated carbocycles. The van der Waals surface area contributed by atoms with Crippen LogP contribution in [0.25, 0.3) is 0 Å². The summed E-state index contributed by atoms with van der Waals surface area (Å²) >= 11 is 0. The first-order valence-electron chi connectivity index (χ1n) is 6.90. The number of methoxy groups -OCH3 is 1. The minimum absolute atomic E-state index is 0.0376. The first-order chi connectivity index (χ1) is 9.86. The van der Waals surface area contributed by atoms with Gasteiger partial charge in [-0.3, -0.25) is 14.9 Å². The second-order valence-corrected chi connectivity index (χ2v) is 5.55. The minimum Gasteiger partial charge on any atom is -0.469 e. The van der Waals surface area contributed by atoms with E-state index in [2.05, 4.69) is 5.10 Å². The number of carbonyl (C=O) groups is 1. The average molecular weight is 296 g/mol. The van der Waals surface area contributed by atoms with Gasteiger partial charge in [0.25, 0.3) is 0 Å². The second-order valence-electron chi connectivity index (χ2n) is 5.55. The van der Waals surface area contributed by atoms with Gasteiger partial charge in [-0.15, -0.1) is 0 Å². The number of carbonyl (C=O) groups excluding carboxylic acids is 1. The van der Waals surface area contributed by atoms with Gasteiger partial charge in [-0.2, -0.15) is 5.10 Å². The third kappa shape index (κ3) is 2.70. The molecule has 0 bridgehead atoms. The van der Waals surface area contributed by atoms with Crippen LogP contribution in [0.5, 0.6) is 0 Å². The van der Waals surface area contributed by atoms with E-state index in [0.29, 0.717) is 31.0 Å². The largest absolute Gasteiger partial charge is 0.469 e. The van der Waals surface area contributed by atoms with E-state index in [1.807, 2.05) is 18.7 Å². The standard InChI is InChI=1S/C13H20N4O4/c1-8(2)10-11(17(19)20)12(15(3)14-10)16-6-5-9(7-16)13(18)21-4/h8-9H,5-7H2,1-4H3. The summed E-state index contributed by atoms with van der Waals surface area (Å²) < 4.78 is 6.28. The van der Waals surface area contributed by atoms with Crippen LogP contribution in [0.15, 0.2) is 0 Å². The van der Waals surface area contributed by atoms with E-state index in [1.165, 1.54) is 11.8 Å². The summed E-state index contributed by atoms with van der Waals surface area (Å²) in [6, 6.07) is 0. The summed E-state index contributed by atoms with van der Waals surface area (Å²) in [6.45, 7) is 4.75. The first-order valence-corrected chi connectivity index (χ1v) is 6.90. The van der Waals surface area contributed by atoms with E-state index >= 15 is 0 Å². The van der Waals surface area contributed by atoms with Gasteiger partial charge in [0.1, 0.15) is 5.69 Å². The second kappa shape index (κ2) is 5.71. The summed E-state index contributed by atoms with van der Waals surface area (Å²) in [6.07, 6.45) is 0.631. The molecule has 116 valence electrons. The van der Waals surface area contributed by atoms with Crippen molar-refractivity contribution in [1.82, 2.24) is 9.78 Å². The number of ether oxygens (including phenoxy) is 1. The molecule has 1 aliphatic heterocycles. The van der Waals surface area contributed by atoms with Crippen molar-refractivity contribution in [2.24, 2.45) is 13.0 Å². The Morgan fingerprint density at radius 2 is 2.19 bits per heavy atom. The highest BCUT2D eigenvalue weighted by Gasteiger charge is 2.37. The molecule has 1 unspecified atom stereocenters. The zero-order valence-corrected chi connectivity index (χ0v) is 12.7. The lowest BCUT2D eigenvalue weighted by atomic mass is 10.1. The molecule has 0 spiro atoms. The smallest absolute Gasteiger partial charge is 0.334 e. The van der Waals surface area contributed by atoms with Crippen molar-refractivity contribution in [3.05, 3.63) is 15.8 Å². The summed E-state index contributed by atoms with van der Waals surface area (Å²) in [5.74, 6) is -0.0853. The van der Waals surface area contributed by atoms with E-state index in [9.17, 15) is 14.9 Å². The van der Waals surface area contributed by atoms with Crippen molar-refractivity contribution >= 4 is 17.5 Å².